The highest BCUT2D eigenvalue weighted by molar-refractivity contribution is 7.98. The van der Waals surface area contributed by atoms with Crippen molar-refractivity contribution >= 4 is 17.7 Å². The number of aromatic nitrogens is 2. The summed E-state index contributed by atoms with van der Waals surface area (Å²) >= 11 is 1.69. The van der Waals surface area contributed by atoms with Gasteiger partial charge in [0.25, 0.3) is 5.91 Å². The minimum atomic E-state index is 0.0378. The first-order chi connectivity index (χ1) is 9.72. The number of thioether (sulfide) groups is 1. The van der Waals surface area contributed by atoms with E-state index in [9.17, 15) is 4.79 Å². The molecule has 1 aromatic carbocycles. The zero-order valence-electron chi connectivity index (χ0n) is 11.4. The Morgan fingerprint density at radius 2 is 2.15 bits per heavy atom. The van der Waals surface area contributed by atoms with E-state index < -0.39 is 0 Å². The Kier molecular flexibility index (Phi) is 3.78. The Hall–Kier alpha value is -1.75. The minimum absolute atomic E-state index is 0.0378. The third-order valence-electron chi connectivity index (χ3n) is 3.27. The van der Waals surface area contributed by atoms with Crippen LogP contribution in [-0.4, -0.2) is 21.5 Å². The predicted octanol–water partition coefficient (Wildman–Crippen LogP) is 2.60. The second-order valence-electron chi connectivity index (χ2n) is 5.05. The number of nitrogens with one attached hydrogen (secondary N) is 1. The Labute approximate surface area is 122 Å². The molecule has 0 atom stereocenters. The van der Waals surface area contributed by atoms with E-state index >= 15 is 0 Å². The molecule has 1 saturated carbocycles. The van der Waals surface area contributed by atoms with Crippen molar-refractivity contribution in [3.05, 3.63) is 47.8 Å². The summed E-state index contributed by atoms with van der Waals surface area (Å²) in [6, 6.07) is 8.22. The molecule has 1 heterocycles. The molecule has 3 rings (SSSR count). The largest absolute Gasteiger partial charge is 0.349 e. The lowest BCUT2D eigenvalue weighted by Crippen LogP contribution is -2.25. The maximum Gasteiger partial charge on any atom is 0.251 e. The molecule has 5 heteroatoms. The summed E-state index contributed by atoms with van der Waals surface area (Å²) in [5.74, 6) is 0.894. The fourth-order valence-electron chi connectivity index (χ4n) is 1.89. The lowest BCUT2D eigenvalue weighted by atomic mass is 10.1. The van der Waals surface area contributed by atoms with Crippen molar-refractivity contribution in [2.75, 3.05) is 0 Å². The van der Waals surface area contributed by atoms with Crippen molar-refractivity contribution in [1.82, 2.24) is 14.9 Å². The van der Waals surface area contributed by atoms with E-state index in [0.29, 0.717) is 6.04 Å². The molecule has 1 aliphatic rings. The molecule has 20 heavy (non-hydrogen) atoms. The van der Waals surface area contributed by atoms with Crippen molar-refractivity contribution in [3.63, 3.8) is 0 Å². The molecule has 1 aromatic heterocycles. The van der Waals surface area contributed by atoms with Crippen LogP contribution < -0.4 is 5.32 Å². The molecule has 0 radical (unpaired) electrons. The zero-order chi connectivity index (χ0) is 13.9. The van der Waals surface area contributed by atoms with Gasteiger partial charge in [-0.1, -0.05) is 23.9 Å². The SMILES string of the molecule is Cn1ccnc1SCc1ccc(C(=O)NC2CC2)cc1. The fraction of sp³-hybridized carbons (Fsp3) is 0.333. The second kappa shape index (κ2) is 5.71. The summed E-state index contributed by atoms with van der Waals surface area (Å²) in [6.45, 7) is 0. The molecule has 0 unspecified atom stereocenters. The Bertz CT molecular complexity index is 602. The maximum absolute atomic E-state index is 11.9. The van der Waals surface area contributed by atoms with Crippen LogP contribution in [0.25, 0.3) is 0 Å². The molecule has 4 nitrogen and oxygen atoms in total. The van der Waals surface area contributed by atoms with Gasteiger partial charge in [-0.2, -0.15) is 0 Å². The molecule has 2 aromatic rings. The number of hydrogen-bond acceptors (Lipinski definition) is 3. The van der Waals surface area contributed by atoms with Crippen LogP contribution in [0.1, 0.15) is 28.8 Å². The van der Waals surface area contributed by atoms with Gasteiger partial charge in [0.15, 0.2) is 5.16 Å². The van der Waals surface area contributed by atoms with E-state index in [1.165, 1.54) is 5.56 Å². The molecule has 0 saturated heterocycles. The van der Waals surface area contributed by atoms with Gasteiger partial charge >= 0.3 is 0 Å². The van der Waals surface area contributed by atoms with Gasteiger partial charge in [0, 0.05) is 36.8 Å². The Morgan fingerprint density at radius 1 is 1.40 bits per heavy atom. The standard InChI is InChI=1S/C15H17N3OS/c1-18-9-8-16-15(18)20-10-11-2-4-12(5-3-11)14(19)17-13-6-7-13/h2-5,8-9,13H,6-7,10H2,1H3,(H,17,19). The predicted molar refractivity (Wildman–Crippen MR) is 79.7 cm³/mol. The van der Waals surface area contributed by atoms with Crippen LogP contribution >= 0.6 is 11.8 Å². The third kappa shape index (κ3) is 3.22. The molecule has 1 amide bonds. The number of rotatable bonds is 5. The lowest BCUT2D eigenvalue weighted by molar-refractivity contribution is 0.0951. The van der Waals surface area contributed by atoms with E-state index in [2.05, 4.69) is 10.3 Å². The monoisotopic (exact) mass is 287 g/mol. The number of benzene rings is 1. The summed E-state index contributed by atoms with van der Waals surface area (Å²) in [5, 5.41) is 3.99. The highest BCUT2D eigenvalue weighted by atomic mass is 32.2. The summed E-state index contributed by atoms with van der Waals surface area (Å²) in [4.78, 5) is 16.1. The Morgan fingerprint density at radius 3 is 2.75 bits per heavy atom. The second-order valence-corrected chi connectivity index (χ2v) is 6.00. The zero-order valence-corrected chi connectivity index (χ0v) is 12.2. The topological polar surface area (TPSA) is 46.9 Å². The normalized spacial score (nSPS) is 14.2. The molecule has 104 valence electrons. The van der Waals surface area contributed by atoms with Crippen LogP contribution in [0.2, 0.25) is 0 Å². The summed E-state index contributed by atoms with van der Waals surface area (Å²) < 4.78 is 2.00. The number of carbonyl (C=O) groups is 1. The van der Waals surface area contributed by atoms with Gasteiger partial charge < -0.3 is 9.88 Å². The van der Waals surface area contributed by atoms with Crippen LogP contribution in [0, 0.1) is 0 Å². The van der Waals surface area contributed by atoms with E-state index in [4.69, 9.17) is 0 Å². The molecular formula is C15H17N3OS. The molecule has 0 aliphatic heterocycles. The van der Waals surface area contributed by atoms with Gasteiger partial charge in [-0.3, -0.25) is 4.79 Å². The van der Waals surface area contributed by atoms with Gasteiger partial charge in [-0.05, 0) is 30.5 Å². The van der Waals surface area contributed by atoms with Crippen molar-refractivity contribution in [2.24, 2.45) is 7.05 Å². The quantitative estimate of drug-likeness (QED) is 0.860. The third-order valence-corrected chi connectivity index (χ3v) is 4.40. The van der Waals surface area contributed by atoms with E-state index in [1.807, 2.05) is 42.1 Å². The maximum atomic E-state index is 11.9. The smallest absolute Gasteiger partial charge is 0.251 e. The van der Waals surface area contributed by atoms with E-state index in [1.54, 1.807) is 18.0 Å². The van der Waals surface area contributed by atoms with Crippen LogP contribution in [-0.2, 0) is 12.8 Å². The summed E-state index contributed by atoms with van der Waals surface area (Å²) in [6.07, 6.45) is 5.97. The molecule has 0 spiro atoms. The first-order valence-corrected chi connectivity index (χ1v) is 7.71. The van der Waals surface area contributed by atoms with E-state index in [0.717, 1.165) is 29.3 Å². The summed E-state index contributed by atoms with van der Waals surface area (Å²) in [5.41, 5.74) is 1.93. The average molecular weight is 287 g/mol. The van der Waals surface area contributed by atoms with Crippen molar-refractivity contribution in [2.45, 2.75) is 29.8 Å². The molecule has 1 aliphatic carbocycles. The van der Waals surface area contributed by atoms with Gasteiger partial charge in [0.1, 0.15) is 0 Å². The lowest BCUT2D eigenvalue weighted by Gasteiger charge is -2.05. The van der Waals surface area contributed by atoms with Crippen LogP contribution in [0.15, 0.2) is 41.8 Å². The van der Waals surface area contributed by atoms with Crippen LogP contribution in [0.4, 0.5) is 0 Å². The number of nitrogens with zero attached hydrogens (tertiary/aromatic N) is 2. The highest BCUT2D eigenvalue weighted by Crippen LogP contribution is 2.21. The minimum Gasteiger partial charge on any atom is -0.349 e. The Balaban J connectivity index is 1.58. The van der Waals surface area contributed by atoms with Crippen LogP contribution in [0.5, 0.6) is 0 Å². The van der Waals surface area contributed by atoms with Crippen molar-refractivity contribution in [3.8, 4) is 0 Å². The fourth-order valence-corrected chi connectivity index (χ4v) is 2.78. The number of aryl methyl sites for hydroxylation is 1. The first kappa shape index (κ1) is 13.2. The van der Waals surface area contributed by atoms with Crippen molar-refractivity contribution in [1.29, 1.82) is 0 Å². The number of imidazole rings is 1. The molecular weight excluding hydrogens is 270 g/mol. The average Bonchev–Trinajstić information content (AvgIpc) is 3.18. The highest BCUT2D eigenvalue weighted by Gasteiger charge is 2.23. The van der Waals surface area contributed by atoms with Gasteiger partial charge in [0.2, 0.25) is 0 Å². The van der Waals surface area contributed by atoms with Gasteiger partial charge in [0.05, 0.1) is 0 Å². The first-order valence-electron chi connectivity index (χ1n) is 6.72. The molecule has 1 N–H and O–H groups in total. The number of hydrogen-bond donors (Lipinski definition) is 1. The summed E-state index contributed by atoms with van der Waals surface area (Å²) in [7, 11) is 1.99. The van der Waals surface area contributed by atoms with Gasteiger partial charge in [-0.25, -0.2) is 4.98 Å². The molecule has 0 bridgehead atoms. The van der Waals surface area contributed by atoms with Crippen LogP contribution in [0.3, 0.4) is 0 Å². The van der Waals surface area contributed by atoms with E-state index in [-0.39, 0.29) is 5.91 Å². The van der Waals surface area contributed by atoms with Crippen molar-refractivity contribution < 1.29 is 4.79 Å². The number of amides is 1. The number of carbonyl (C=O) groups excluding carboxylic acids is 1. The van der Waals surface area contributed by atoms with Gasteiger partial charge in [-0.15, -0.1) is 0 Å². The molecule has 1 fully saturated rings.